The highest BCUT2D eigenvalue weighted by Gasteiger charge is 2.18. The number of H-pyrrole nitrogens is 1. The molecule has 0 aliphatic carbocycles. The van der Waals surface area contributed by atoms with E-state index in [1.165, 1.54) is 12.1 Å². The van der Waals surface area contributed by atoms with Crippen LogP contribution in [0.4, 0.5) is 4.39 Å². The first-order valence-electron chi connectivity index (χ1n) is 7.28. The lowest BCUT2D eigenvalue weighted by Crippen LogP contribution is -2.26. The van der Waals surface area contributed by atoms with Gasteiger partial charge < -0.3 is 14.3 Å². The van der Waals surface area contributed by atoms with Crippen molar-refractivity contribution in [2.75, 3.05) is 7.05 Å². The number of aryl methyl sites for hydroxylation is 1. The van der Waals surface area contributed by atoms with Gasteiger partial charge in [0.25, 0.3) is 5.91 Å². The SMILES string of the molecule is Cc1[nH]c(-c2ccc(F)cc2)cc1C(=O)N(C)Cc1ccco1. The molecule has 0 unspecified atom stereocenters. The summed E-state index contributed by atoms with van der Waals surface area (Å²) in [7, 11) is 1.73. The Labute approximate surface area is 133 Å². The molecule has 118 valence electrons. The number of nitrogens with zero attached hydrogens (tertiary/aromatic N) is 1. The molecular weight excluding hydrogens is 295 g/mol. The first-order chi connectivity index (χ1) is 11.0. The second kappa shape index (κ2) is 6.12. The van der Waals surface area contributed by atoms with Crippen molar-refractivity contribution >= 4 is 5.91 Å². The lowest BCUT2D eigenvalue weighted by atomic mass is 10.1. The fraction of sp³-hybridized carbons (Fsp3) is 0.167. The van der Waals surface area contributed by atoms with Crippen LogP contribution in [0.15, 0.2) is 53.1 Å². The van der Waals surface area contributed by atoms with Crippen molar-refractivity contribution < 1.29 is 13.6 Å². The van der Waals surface area contributed by atoms with E-state index >= 15 is 0 Å². The number of aromatic amines is 1. The molecule has 0 spiro atoms. The number of carbonyl (C=O) groups excluding carboxylic acids is 1. The third-order valence-corrected chi connectivity index (χ3v) is 3.72. The Hall–Kier alpha value is -2.82. The molecule has 2 heterocycles. The summed E-state index contributed by atoms with van der Waals surface area (Å²) in [6.45, 7) is 2.25. The zero-order valence-corrected chi connectivity index (χ0v) is 13.0. The number of hydrogen-bond acceptors (Lipinski definition) is 2. The number of nitrogens with one attached hydrogen (secondary N) is 1. The number of benzene rings is 1. The van der Waals surface area contributed by atoms with Gasteiger partial charge in [-0.15, -0.1) is 0 Å². The van der Waals surface area contributed by atoms with Gasteiger partial charge in [-0.2, -0.15) is 0 Å². The molecule has 0 bridgehead atoms. The van der Waals surface area contributed by atoms with E-state index in [2.05, 4.69) is 4.98 Å². The van der Waals surface area contributed by atoms with Crippen LogP contribution in [-0.4, -0.2) is 22.8 Å². The highest BCUT2D eigenvalue weighted by Crippen LogP contribution is 2.23. The number of hydrogen-bond donors (Lipinski definition) is 1. The minimum absolute atomic E-state index is 0.0940. The molecule has 0 radical (unpaired) electrons. The van der Waals surface area contributed by atoms with Gasteiger partial charge in [0.05, 0.1) is 18.4 Å². The van der Waals surface area contributed by atoms with E-state index in [1.54, 1.807) is 42.5 Å². The Balaban J connectivity index is 1.82. The van der Waals surface area contributed by atoms with Gasteiger partial charge in [0.1, 0.15) is 11.6 Å². The number of aromatic nitrogens is 1. The van der Waals surface area contributed by atoms with E-state index in [9.17, 15) is 9.18 Å². The van der Waals surface area contributed by atoms with E-state index in [0.717, 1.165) is 22.7 Å². The molecule has 3 aromatic rings. The topological polar surface area (TPSA) is 49.2 Å². The molecule has 5 heteroatoms. The van der Waals surface area contributed by atoms with Crippen LogP contribution in [0.1, 0.15) is 21.8 Å². The molecule has 0 saturated heterocycles. The molecule has 2 aromatic heterocycles. The Kier molecular flexibility index (Phi) is 4.02. The molecule has 1 N–H and O–H groups in total. The fourth-order valence-electron chi connectivity index (χ4n) is 2.48. The number of amides is 1. The van der Waals surface area contributed by atoms with Gasteiger partial charge in [0, 0.05) is 18.4 Å². The third kappa shape index (κ3) is 3.18. The van der Waals surface area contributed by atoms with Gasteiger partial charge in [0.15, 0.2) is 0 Å². The first-order valence-corrected chi connectivity index (χ1v) is 7.28. The van der Waals surface area contributed by atoms with Crippen molar-refractivity contribution in [2.45, 2.75) is 13.5 Å². The fourth-order valence-corrected chi connectivity index (χ4v) is 2.48. The Bertz CT molecular complexity index is 804. The molecule has 3 rings (SSSR count). The second-order valence-electron chi connectivity index (χ2n) is 5.47. The van der Waals surface area contributed by atoms with Gasteiger partial charge >= 0.3 is 0 Å². The van der Waals surface area contributed by atoms with Gasteiger partial charge in [-0.3, -0.25) is 4.79 Å². The second-order valence-corrected chi connectivity index (χ2v) is 5.47. The summed E-state index contributed by atoms with van der Waals surface area (Å²) < 4.78 is 18.3. The van der Waals surface area contributed by atoms with Gasteiger partial charge in [0.2, 0.25) is 0 Å². The largest absolute Gasteiger partial charge is 0.467 e. The Morgan fingerprint density at radius 3 is 2.65 bits per heavy atom. The molecule has 0 atom stereocenters. The standard InChI is InChI=1S/C18H17FN2O2/c1-12-16(18(22)21(2)11-15-4-3-9-23-15)10-17(20-12)13-5-7-14(19)8-6-13/h3-10,20H,11H2,1-2H3. The summed E-state index contributed by atoms with van der Waals surface area (Å²) in [4.78, 5) is 17.4. The maximum atomic E-state index is 13.0. The monoisotopic (exact) mass is 312 g/mol. The highest BCUT2D eigenvalue weighted by atomic mass is 19.1. The van der Waals surface area contributed by atoms with Gasteiger partial charge in [-0.1, -0.05) is 0 Å². The van der Waals surface area contributed by atoms with Crippen molar-refractivity contribution in [1.29, 1.82) is 0 Å². The maximum absolute atomic E-state index is 13.0. The molecular formula is C18H17FN2O2. The van der Waals surface area contributed by atoms with Gasteiger partial charge in [-0.25, -0.2) is 4.39 Å². The Morgan fingerprint density at radius 1 is 1.26 bits per heavy atom. The predicted octanol–water partition coefficient (Wildman–Crippen LogP) is 3.99. The van der Waals surface area contributed by atoms with E-state index in [1.807, 2.05) is 13.0 Å². The van der Waals surface area contributed by atoms with Crippen LogP contribution >= 0.6 is 0 Å². The molecule has 4 nitrogen and oxygen atoms in total. The summed E-state index contributed by atoms with van der Waals surface area (Å²) in [5, 5.41) is 0. The number of halogens is 1. The molecule has 0 saturated carbocycles. The first kappa shape index (κ1) is 15.1. The average Bonchev–Trinajstić information content (AvgIpc) is 3.17. The quantitative estimate of drug-likeness (QED) is 0.792. The zero-order chi connectivity index (χ0) is 16.4. The molecule has 0 aliphatic heterocycles. The predicted molar refractivity (Wildman–Crippen MR) is 85.4 cm³/mol. The minimum Gasteiger partial charge on any atom is -0.467 e. The lowest BCUT2D eigenvalue weighted by Gasteiger charge is -2.15. The van der Waals surface area contributed by atoms with E-state index in [0.29, 0.717) is 12.1 Å². The zero-order valence-electron chi connectivity index (χ0n) is 13.0. The van der Waals surface area contributed by atoms with Crippen molar-refractivity contribution in [1.82, 2.24) is 9.88 Å². The van der Waals surface area contributed by atoms with Crippen molar-refractivity contribution in [3.63, 3.8) is 0 Å². The van der Waals surface area contributed by atoms with Crippen LogP contribution in [-0.2, 0) is 6.54 Å². The van der Waals surface area contributed by atoms with E-state index in [-0.39, 0.29) is 11.7 Å². The van der Waals surface area contributed by atoms with Crippen LogP contribution in [0.2, 0.25) is 0 Å². The molecule has 1 amide bonds. The highest BCUT2D eigenvalue weighted by molar-refractivity contribution is 5.96. The van der Waals surface area contributed by atoms with Gasteiger partial charge in [-0.05, 0) is 55.0 Å². The van der Waals surface area contributed by atoms with Crippen molar-refractivity contribution in [2.24, 2.45) is 0 Å². The number of rotatable bonds is 4. The van der Waals surface area contributed by atoms with Crippen LogP contribution < -0.4 is 0 Å². The number of furan rings is 1. The third-order valence-electron chi connectivity index (χ3n) is 3.72. The van der Waals surface area contributed by atoms with Crippen LogP contribution in [0.5, 0.6) is 0 Å². The average molecular weight is 312 g/mol. The van der Waals surface area contributed by atoms with E-state index in [4.69, 9.17) is 4.42 Å². The lowest BCUT2D eigenvalue weighted by molar-refractivity contribution is 0.0775. The summed E-state index contributed by atoms with van der Waals surface area (Å²) >= 11 is 0. The Morgan fingerprint density at radius 2 is 2.00 bits per heavy atom. The van der Waals surface area contributed by atoms with Crippen LogP contribution in [0.3, 0.4) is 0 Å². The summed E-state index contributed by atoms with van der Waals surface area (Å²) in [5.41, 5.74) is 3.00. The van der Waals surface area contributed by atoms with Crippen molar-refractivity contribution in [3.8, 4) is 11.3 Å². The molecule has 0 aliphatic rings. The van der Waals surface area contributed by atoms with Crippen molar-refractivity contribution in [3.05, 3.63) is 71.6 Å². The smallest absolute Gasteiger partial charge is 0.255 e. The summed E-state index contributed by atoms with van der Waals surface area (Å²) in [6, 6.07) is 11.6. The number of carbonyl (C=O) groups is 1. The van der Waals surface area contributed by atoms with Crippen LogP contribution in [0, 0.1) is 12.7 Å². The maximum Gasteiger partial charge on any atom is 0.255 e. The van der Waals surface area contributed by atoms with Crippen LogP contribution in [0.25, 0.3) is 11.3 Å². The molecule has 23 heavy (non-hydrogen) atoms. The molecule has 1 aromatic carbocycles. The normalized spacial score (nSPS) is 10.7. The van der Waals surface area contributed by atoms with E-state index < -0.39 is 0 Å². The minimum atomic E-state index is -0.286. The molecule has 0 fully saturated rings. The summed E-state index contributed by atoms with van der Waals surface area (Å²) in [5.74, 6) is 0.350. The summed E-state index contributed by atoms with van der Waals surface area (Å²) in [6.07, 6.45) is 1.59.